The number of aromatic carboxylic acids is 1. The van der Waals surface area contributed by atoms with Crippen LogP contribution in [0.25, 0.3) is 0 Å². The van der Waals surface area contributed by atoms with Crippen molar-refractivity contribution in [2.24, 2.45) is 0 Å². The van der Waals surface area contributed by atoms with Crippen molar-refractivity contribution >= 4 is 35.1 Å². The third-order valence-corrected chi connectivity index (χ3v) is 6.71. The van der Waals surface area contributed by atoms with Gasteiger partial charge in [0.25, 0.3) is 5.91 Å². The van der Waals surface area contributed by atoms with Crippen LogP contribution in [0.4, 0.5) is 0 Å². The maximum absolute atomic E-state index is 12.9. The van der Waals surface area contributed by atoms with Crippen LogP contribution in [0.3, 0.4) is 0 Å². The maximum atomic E-state index is 12.9. The topological polar surface area (TPSA) is 171 Å². The average Bonchev–Trinajstić information content (AvgIpc) is 2.85. The summed E-state index contributed by atoms with van der Waals surface area (Å²) >= 11 is 12.6. The SMILES string of the molecule is CN1Cc2c(Cl)cc(Cl)cc2C(c2cc(C(=O)O)cc(C(=O)NC[C@H](O)[C@@H](O)[C@H](O)[C@H](O)CO)c2)C1. The molecule has 36 heavy (non-hydrogen) atoms. The van der Waals surface area contributed by atoms with Crippen molar-refractivity contribution in [1.29, 1.82) is 0 Å². The number of likely N-dealkylation sites (N-methyl/N-ethyl adjacent to an activating group) is 1. The zero-order chi connectivity index (χ0) is 26.7. The molecule has 5 atom stereocenters. The Morgan fingerprint density at radius 1 is 1.03 bits per heavy atom. The zero-order valence-corrected chi connectivity index (χ0v) is 20.8. The van der Waals surface area contributed by atoms with Crippen LogP contribution in [0.5, 0.6) is 0 Å². The van der Waals surface area contributed by atoms with E-state index in [0.717, 1.165) is 11.1 Å². The number of halogens is 2. The number of hydrogen-bond acceptors (Lipinski definition) is 8. The monoisotopic (exact) mass is 542 g/mol. The lowest BCUT2D eigenvalue weighted by molar-refractivity contribution is -0.113. The molecule has 10 nitrogen and oxygen atoms in total. The summed E-state index contributed by atoms with van der Waals surface area (Å²) < 4.78 is 0. The molecule has 1 heterocycles. The third-order valence-electron chi connectivity index (χ3n) is 6.16. The van der Waals surface area contributed by atoms with Gasteiger partial charge in [-0.05, 0) is 54.1 Å². The molecule has 0 spiro atoms. The minimum atomic E-state index is -1.85. The first-order valence-electron chi connectivity index (χ1n) is 11.1. The van der Waals surface area contributed by atoms with E-state index in [1.54, 1.807) is 12.1 Å². The summed E-state index contributed by atoms with van der Waals surface area (Å²) in [7, 11) is 1.89. The number of aliphatic hydroxyl groups is 5. The lowest BCUT2D eigenvalue weighted by atomic mass is 9.83. The van der Waals surface area contributed by atoms with E-state index in [9.17, 15) is 35.1 Å². The van der Waals surface area contributed by atoms with Gasteiger partial charge in [-0.15, -0.1) is 0 Å². The first kappa shape index (κ1) is 28.3. The highest BCUT2D eigenvalue weighted by Gasteiger charge is 2.31. The van der Waals surface area contributed by atoms with Crippen LogP contribution in [-0.4, -0.2) is 98.6 Å². The minimum absolute atomic E-state index is 0.00503. The smallest absolute Gasteiger partial charge is 0.335 e. The fraction of sp³-hybridized carbons (Fsp3) is 0.417. The van der Waals surface area contributed by atoms with Crippen LogP contribution >= 0.6 is 23.2 Å². The van der Waals surface area contributed by atoms with E-state index in [1.165, 1.54) is 18.2 Å². The number of benzene rings is 2. The summed E-state index contributed by atoms with van der Waals surface area (Å²) in [6.07, 6.45) is -7.04. The molecule has 196 valence electrons. The van der Waals surface area contributed by atoms with Crippen molar-refractivity contribution in [1.82, 2.24) is 10.2 Å². The van der Waals surface area contributed by atoms with E-state index in [-0.39, 0.29) is 17.0 Å². The number of amides is 1. The standard InChI is InChI=1S/C24H28Cl2N2O8/c1-28-8-16(15-5-14(25)6-18(26)17(15)9-28)11-2-12(4-13(3-11)24(35)36)23(34)27-7-19(30)21(32)22(33)20(31)10-29/h2-6,16,19-22,29-33H,7-10H2,1H3,(H,27,34)(H,35,36)/t16?,19-,20+,21+,22+/m0/s1. The van der Waals surface area contributed by atoms with Crippen LogP contribution < -0.4 is 5.32 Å². The van der Waals surface area contributed by atoms with Crippen molar-refractivity contribution < 1.29 is 40.2 Å². The molecule has 0 radical (unpaired) electrons. The molecule has 0 aromatic heterocycles. The molecular weight excluding hydrogens is 515 g/mol. The summed E-state index contributed by atoms with van der Waals surface area (Å²) in [4.78, 5) is 26.7. The van der Waals surface area contributed by atoms with Gasteiger partial charge < -0.3 is 40.9 Å². The number of fused-ring (bicyclic) bond motifs is 1. The Hall–Kier alpha value is -2.28. The lowest BCUT2D eigenvalue weighted by Crippen LogP contribution is -2.49. The molecule has 1 aliphatic rings. The molecule has 0 saturated carbocycles. The van der Waals surface area contributed by atoms with E-state index < -0.39 is 49.4 Å². The second-order valence-electron chi connectivity index (χ2n) is 8.86. The lowest BCUT2D eigenvalue weighted by Gasteiger charge is -2.33. The molecule has 1 unspecified atom stereocenters. The molecule has 3 rings (SSSR count). The molecule has 2 aromatic carbocycles. The zero-order valence-electron chi connectivity index (χ0n) is 19.3. The number of hydrogen-bond donors (Lipinski definition) is 7. The Labute approximate surface area is 217 Å². The first-order valence-corrected chi connectivity index (χ1v) is 11.8. The fourth-order valence-corrected chi connectivity index (χ4v) is 4.79. The Morgan fingerprint density at radius 2 is 1.67 bits per heavy atom. The van der Waals surface area contributed by atoms with Crippen molar-refractivity contribution in [3.63, 3.8) is 0 Å². The number of carboxylic acid groups (broad SMARTS) is 1. The van der Waals surface area contributed by atoms with Gasteiger partial charge in [0.2, 0.25) is 0 Å². The van der Waals surface area contributed by atoms with E-state index in [0.29, 0.717) is 28.7 Å². The van der Waals surface area contributed by atoms with Crippen molar-refractivity contribution in [3.8, 4) is 0 Å². The Kier molecular flexibility index (Phi) is 9.31. The predicted octanol–water partition coefficient (Wildman–Crippen LogP) is 0.435. The van der Waals surface area contributed by atoms with Crippen LogP contribution in [0, 0.1) is 0 Å². The van der Waals surface area contributed by atoms with Gasteiger partial charge in [0.1, 0.15) is 18.3 Å². The van der Waals surface area contributed by atoms with Gasteiger partial charge in [-0.2, -0.15) is 0 Å². The molecular formula is C24H28Cl2N2O8. The summed E-state index contributed by atoms with van der Waals surface area (Å²) in [6, 6.07) is 7.62. The molecule has 2 aromatic rings. The Morgan fingerprint density at radius 3 is 2.31 bits per heavy atom. The molecule has 0 fully saturated rings. The van der Waals surface area contributed by atoms with Gasteiger partial charge in [0, 0.05) is 41.2 Å². The second-order valence-corrected chi connectivity index (χ2v) is 9.71. The molecule has 1 amide bonds. The van der Waals surface area contributed by atoms with Crippen LogP contribution in [0.15, 0.2) is 30.3 Å². The number of carboxylic acids is 1. The summed E-state index contributed by atoms with van der Waals surface area (Å²) in [5.41, 5.74) is 2.11. The summed E-state index contributed by atoms with van der Waals surface area (Å²) in [6.45, 7) is -0.255. The fourth-order valence-electron chi connectivity index (χ4n) is 4.22. The van der Waals surface area contributed by atoms with E-state index >= 15 is 0 Å². The number of carbonyl (C=O) groups is 2. The van der Waals surface area contributed by atoms with Gasteiger partial charge in [0.15, 0.2) is 0 Å². The molecule has 1 aliphatic heterocycles. The van der Waals surface area contributed by atoms with Gasteiger partial charge >= 0.3 is 5.97 Å². The Bertz CT molecular complexity index is 1130. The van der Waals surface area contributed by atoms with Gasteiger partial charge in [-0.25, -0.2) is 4.79 Å². The van der Waals surface area contributed by atoms with Gasteiger partial charge in [-0.3, -0.25) is 4.79 Å². The molecule has 0 saturated heterocycles. The van der Waals surface area contributed by atoms with E-state index in [4.69, 9.17) is 28.3 Å². The molecule has 7 N–H and O–H groups in total. The minimum Gasteiger partial charge on any atom is -0.478 e. The number of carbonyl (C=O) groups excluding carboxylic acids is 1. The highest BCUT2D eigenvalue weighted by molar-refractivity contribution is 6.35. The number of aliphatic hydroxyl groups excluding tert-OH is 5. The molecule has 12 heteroatoms. The van der Waals surface area contributed by atoms with E-state index in [1.807, 2.05) is 11.9 Å². The second kappa shape index (κ2) is 11.8. The van der Waals surface area contributed by atoms with Crippen LogP contribution in [-0.2, 0) is 6.54 Å². The quantitative estimate of drug-likeness (QED) is 0.237. The summed E-state index contributed by atoms with van der Waals surface area (Å²) in [5.74, 6) is -2.30. The largest absolute Gasteiger partial charge is 0.478 e. The maximum Gasteiger partial charge on any atom is 0.335 e. The van der Waals surface area contributed by atoms with E-state index in [2.05, 4.69) is 5.32 Å². The van der Waals surface area contributed by atoms with Crippen molar-refractivity contribution in [2.45, 2.75) is 36.9 Å². The Balaban J connectivity index is 1.89. The third kappa shape index (κ3) is 6.34. The highest BCUT2D eigenvalue weighted by atomic mass is 35.5. The average molecular weight is 543 g/mol. The number of nitrogens with zero attached hydrogens (tertiary/aromatic N) is 1. The van der Waals surface area contributed by atoms with Crippen molar-refractivity contribution in [3.05, 3.63) is 68.2 Å². The first-order chi connectivity index (χ1) is 16.9. The van der Waals surface area contributed by atoms with Gasteiger partial charge in [-0.1, -0.05) is 23.2 Å². The van der Waals surface area contributed by atoms with Crippen LogP contribution in [0.1, 0.15) is 43.3 Å². The number of nitrogens with one attached hydrogen (secondary N) is 1. The highest BCUT2D eigenvalue weighted by Crippen LogP contribution is 2.39. The molecule has 0 aliphatic carbocycles. The predicted molar refractivity (Wildman–Crippen MR) is 131 cm³/mol. The van der Waals surface area contributed by atoms with Crippen molar-refractivity contribution in [2.75, 3.05) is 26.7 Å². The summed E-state index contributed by atoms with van der Waals surface area (Å²) in [5, 5.41) is 61.0. The van der Waals surface area contributed by atoms with Crippen LogP contribution in [0.2, 0.25) is 10.0 Å². The number of rotatable bonds is 9. The normalized spacial score (nSPS) is 19.2. The van der Waals surface area contributed by atoms with Gasteiger partial charge in [0.05, 0.1) is 18.3 Å². The molecule has 0 bridgehead atoms.